The smallest absolute Gasteiger partial charge is 0.225 e. The van der Waals surface area contributed by atoms with E-state index in [1.807, 2.05) is 32.0 Å². The van der Waals surface area contributed by atoms with E-state index in [4.69, 9.17) is 5.73 Å². The number of hydrogen-bond acceptors (Lipinski definition) is 3. The second-order valence-corrected chi connectivity index (χ2v) is 4.65. The maximum atomic E-state index is 11.8. The maximum absolute atomic E-state index is 11.8. The van der Waals surface area contributed by atoms with E-state index in [1.165, 1.54) is 0 Å². The van der Waals surface area contributed by atoms with Crippen LogP contribution in [0.25, 0.3) is 0 Å². The molecule has 0 aliphatic carbocycles. The van der Waals surface area contributed by atoms with E-state index in [9.17, 15) is 4.79 Å². The summed E-state index contributed by atoms with van der Waals surface area (Å²) in [6.07, 6.45) is 4.15. The van der Waals surface area contributed by atoms with Crippen LogP contribution in [0, 0.1) is 0 Å². The lowest BCUT2D eigenvalue weighted by Crippen LogP contribution is -2.37. The molecule has 0 unspecified atom stereocenters. The Hall–Kier alpha value is -1.36. The maximum Gasteiger partial charge on any atom is 0.225 e. The molecule has 2 atom stereocenters. The normalized spacial score (nSPS) is 25.8. The van der Waals surface area contributed by atoms with Crippen LogP contribution in [0.3, 0.4) is 0 Å². The number of carbonyl (C=O) groups excluding carboxylic acids is 1. The highest BCUT2D eigenvalue weighted by atomic mass is 16.2. The van der Waals surface area contributed by atoms with Crippen molar-refractivity contribution >= 4 is 5.91 Å². The molecule has 2 heterocycles. The highest BCUT2D eigenvalue weighted by molar-refractivity contribution is 5.80. The Morgan fingerprint density at radius 1 is 1.56 bits per heavy atom. The molecule has 1 aromatic rings. The average Bonchev–Trinajstić information content (AvgIpc) is 2.69. The SMILES string of the molecule is CC(C)N1C(=O)C[C@H](N)[C@H]1c1cnn(C)c1. The van der Waals surface area contributed by atoms with Crippen molar-refractivity contribution in [3.63, 3.8) is 0 Å². The number of likely N-dealkylation sites (tertiary alicyclic amines) is 1. The van der Waals surface area contributed by atoms with Gasteiger partial charge in [0.05, 0.1) is 12.2 Å². The van der Waals surface area contributed by atoms with Crippen LogP contribution in [-0.4, -0.2) is 32.7 Å². The van der Waals surface area contributed by atoms with E-state index >= 15 is 0 Å². The highest BCUT2D eigenvalue weighted by Crippen LogP contribution is 2.33. The molecule has 1 aliphatic heterocycles. The van der Waals surface area contributed by atoms with Crippen LogP contribution in [0.5, 0.6) is 0 Å². The van der Waals surface area contributed by atoms with E-state index in [-0.39, 0.29) is 24.0 Å². The number of rotatable bonds is 2. The van der Waals surface area contributed by atoms with Gasteiger partial charge in [-0.25, -0.2) is 0 Å². The molecule has 1 aliphatic rings. The van der Waals surface area contributed by atoms with Gasteiger partial charge in [-0.15, -0.1) is 0 Å². The molecule has 2 rings (SSSR count). The zero-order chi connectivity index (χ0) is 11.9. The second kappa shape index (κ2) is 3.90. The molecule has 1 fully saturated rings. The summed E-state index contributed by atoms with van der Waals surface area (Å²) in [5, 5.41) is 4.14. The minimum atomic E-state index is -0.126. The first-order valence-electron chi connectivity index (χ1n) is 5.56. The molecule has 16 heavy (non-hydrogen) atoms. The van der Waals surface area contributed by atoms with Crippen LogP contribution in [0.4, 0.5) is 0 Å². The summed E-state index contributed by atoms with van der Waals surface area (Å²) in [5.41, 5.74) is 7.06. The van der Waals surface area contributed by atoms with Crippen LogP contribution in [0.15, 0.2) is 12.4 Å². The summed E-state index contributed by atoms with van der Waals surface area (Å²) in [7, 11) is 1.87. The summed E-state index contributed by atoms with van der Waals surface area (Å²) in [4.78, 5) is 13.7. The summed E-state index contributed by atoms with van der Waals surface area (Å²) in [6, 6.07) is 0.0200. The van der Waals surface area contributed by atoms with Crippen molar-refractivity contribution in [2.24, 2.45) is 12.8 Å². The molecule has 5 nitrogen and oxygen atoms in total. The Kier molecular flexibility index (Phi) is 2.71. The van der Waals surface area contributed by atoms with Crippen molar-refractivity contribution in [2.45, 2.75) is 38.4 Å². The standard InChI is InChI=1S/C11H18N4O/c1-7(2)15-10(16)4-9(12)11(15)8-5-13-14(3)6-8/h5-7,9,11H,4,12H2,1-3H3/t9-,11+/m0/s1. The van der Waals surface area contributed by atoms with Crippen molar-refractivity contribution in [1.82, 2.24) is 14.7 Å². The Labute approximate surface area is 95.2 Å². The number of nitrogens with two attached hydrogens (primary N) is 1. The Morgan fingerprint density at radius 3 is 2.75 bits per heavy atom. The largest absolute Gasteiger partial charge is 0.331 e. The summed E-state index contributed by atoms with van der Waals surface area (Å²) >= 11 is 0. The van der Waals surface area contributed by atoms with Gasteiger partial charge in [-0.2, -0.15) is 5.10 Å². The summed E-state index contributed by atoms with van der Waals surface area (Å²) in [6.45, 7) is 4.03. The fraction of sp³-hybridized carbons (Fsp3) is 0.636. The lowest BCUT2D eigenvalue weighted by atomic mass is 10.0. The molecule has 88 valence electrons. The zero-order valence-electron chi connectivity index (χ0n) is 9.92. The predicted molar refractivity (Wildman–Crippen MR) is 60.5 cm³/mol. The van der Waals surface area contributed by atoms with Gasteiger partial charge in [-0.3, -0.25) is 9.48 Å². The van der Waals surface area contributed by atoms with Crippen LogP contribution in [0.2, 0.25) is 0 Å². The van der Waals surface area contributed by atoms with Gasteiger partial charge >= 0.3 is 0 Å². The Morgan fingerprint density at radius 2 is 2.25 bits per heavy atom. The van der Waals surface area contributed by atoms with Gasteiger partial charge in [0.25, 0.3) is 0 Å². The first-order chi connectivity index (χ1) is 7.50. The topological polar surface area (TPSA) is 64.2 Å². The molecule has 0 aromatic carbocycles. The van der Waals surface area contributed by atoms with Gasteiger partial charge in [0.2, 0.25) is 5.91 Å². The molecule has 1 saturated heterocycles. The van der Waals surface area contributed by atoms with Crippen LogP contribution < -0.4 is 5.73 Å². The predicted octanol–water partition coefficient (Wildman–Crippen LogP) is 0.429. The molecule has 1 amide bonds. The van der Waals surface area contributed by atoms with Crippen LogP contribution >= 0.6 is 0 Å². The number of hydrogen-bond donors (Lipinski definition) is 1. The molecule has 1 aromatic heterocycles. The minimum Gasteiger partial charge on any atom is -0.331 e. The average molecular weight is 222 g/mol. The minimum absolute atomic E-state index is 0.0267. The van der Waals surface area contributed by atoms with Gasteiger partial charge in [-0.05, 0) is 13.8 Å². The third-order valence-electron chi connectivity index (χ3n) is 3.03. The van der Waals surface area contributed by atoms with Gasteiger partial charge < -0.3 is 10.6 Å². The first-order valence-corrected chi connectivity index (χ1v) is 5.56. The molecule has 2 N–H and O–H groups in total. The lowest BCUT2D eigenvalue weighted by Gasteiger charge is -2.29. The summed E-state index contributed by atoms with van der Waals surface area (Å²) < 4.78 is 1.74. The molecule has 0 radical (unpaired) electrons. The fourth-order valence-corrected chi connectivity index (χ4v) is 2.39. The van der Waals surface area contributed by atoms with Crippen molar-refractivity contribution in [2.75, 3.05) is 0 Å². The van der Waals surface area contributed by atoms with E-state index in [0.29, 0.717) is 6.42 Å². The lowest BCUT2D eigenvalue weighted by molar-refractivity contribution is -0.130. The summed E-state index contributed by atoms with van der Waals surface area (Å²) in [5.74, 6) is 0.136. The van der Waals surface area contributed by atoms with Crippen LogP contribution in [0.1, 0.15) is 31.9 Å². The van der Waals surface area contributed by atoms with Gasteiger partial charge in [0.15, 0.2) is 0 Å². The van der Waals surface area contributed by atoms with Crippen molar-refractivity contribution in [3.8, 4) is 0 Å². The highest BCUT2D eigenvalue weighted by Gasteiger charge is 2.40. The number of nitrogens with zero attached hydrogens (tertiary/aromatic N) is 3. The fourth-order valence-electron chi connectivity index (χ4n) is 2.39. The number of amides is 1. The van der Waals surface area contributed by atoms with Crippen molar-refractivity contribution < 1.29 is 4.79 Å². The second-order valence-electron chi connectivity index (χ2n) is 4.65. The van der Waals surface area contributed by atoms with E-state index < -0.39 is 0 Å². The monoisotopic (exact) mass is 222 g/mol. The third kappa shape index (κ3) is 1.71. The van der Waals surface area contributed by atoms with Gasteiger partial charge in [0, 0.05) is 37.3 Å². The molecule has 0 spiro atoms. The molecular formula is C11H18N4O. The quantitative estimate of drug-likeness (QED) is 0.789. The van der Waals surface area contributed by atoms with E-state index in [0.717, 1.165) is 5.56 Å². The van der Waals surface area contributed by atoms with Gasteiger partial charge in [-0.1, -0.05) is 0 Å². The number of aromatic nitrogens is 2. The number of carbonyl (C=O) groups is 1. The molecule has 0 saturated carbocycles. The molecule has 5 heteroatoms. The van der Waals surface area contributed by atoms with E-state index in [1.54, 1.807) is 10.9 Å². The Balaban J connectivity index is 2.33. The van der Waals surface area contributed by atoms with E-state index in [2.05, 4.69) is 5.10 Å². The van der Waals surface area contributed by atoms with Crippen molar-refractivity contribution in [3.05, 3.63) is 18.0 Å². The zero-order valence-corrected chi connectivity index (χ0v) is 9.92. The first kappa shape index (κ1) is 11.1. The van der Waals surface area contributed by atoms with Gasteiger partial charge in [0.1, 0.15) is 0 Å². The van der Waals surface area contributed by atoms with Crippen LogP contribution in [-0.2, 0) is 11.8 Å². The Bertz CT molecular complexity index is 398. The third-order valence-corrected chi connectivity index (χ3v) is 3.03. The number of aryl methyl sites for hydroxylation is 1. The van der Waals surface area contributed by atoms with Crippen molar-refractivity contribution in [1.29, 1.82) is 0 Å². The molecule has 0 bridgehead atoms. The molecular weight excluding hydrogens is 204 g/mol.